The van der Waals surface area contributed by atoms with E-state index < -0.39 is 0 Å². The monoisotopic (exact) mass is 276 g/mol. The van der Waals surface area contributed by atoms with E-state index in [9.17, 15) is 0 Å². The molecule has 2 heteroatoms. The molecule has 1 unspecified atom stereocenters. The number of para-hydroxylation sites is 1. The third-order valence-corrected chi connectivity index (χ3v) is 3.95. The van der Waals surface area contributed by atoms with Gasteiger partial charge in [-0.1, -0.05) is 49.4 Å². The topological polar surface area (TPSA) is 38.9 Å². The van der Waals surface area contributed by atoms with Crippen LogP contribution in [0.3, 0.4) is 0 Å². The molecule has 1 atom stereocenters. The zero-order valence-corrected chi connectivity index (χ0v) is 12.3. The van der Waals surface area contributed by atoms with Crippen LogP contribution in [0, 0.1) is 0 Å². The van der Waals surface area contributed by atoms with Crippen LogP contribution in [0.2, 0.25) is 0 Å². The van der Waals surface area contributed by atoms with Crippen LogP contribution >= 0.6 is 0 Å². The lowest BCUT2D eigenvalue weighted by atomic mass is 9.97. The molecule has 0 fully saturated rings. The summed E-state index contributed by atoms with van der Waals surface area (Å²) in [6.07, 6.45) is 3.76. The molecule has 21 heavy (non-hydrogen) atoms. The van der Waals surface area contributed by atoms with E-state index in [2.05, 4.69) is 60.4 Å². The quantitative estimate of drug-likeness (QED) is 0.774. The summed E-state index contributed by atoms with van der Waals surface area (Å²) in [5.74, 6) is 0. The number of hydrogen-bond donors (Lipinski definition) is 1. The minimum absolute atomic E-state index is 0.124. The van der Waals surface area contributed by atoms with Crippen molar-refractivity contribution in [2.24, 2.45) is 5.73 Å². The summed E-state index contributed by atoms with van der Waals surface area (Å²) in [4.78, 5) is 4.42. The van der Waals surface area contributed by atoms with E-state index in [1.807, 2.05) is 12.3 Å². The number of pyridine rings is 1. The maximum atomic E-state index is 6.14. The van der Waals surface area contributed by atoms with Gasteiger partial charge in [0.1, 0.15) is 0 Å². The summed E-state index contributed by atoms with van der Waals surface area (Å²) in [7, 11) is 0. The highest BCUT2D eigenvalue weighted by Crippen LogP contribution is 2.21. The van der Waals surface area contributed by atoms with Gasteiger partial charge in [-0.3, -0.25) is 4.98 Å². The van der Waals surface area contributed by atoms with Crippen LogP contribution in [-0.2, 0) is 6.42 Å². The maximum Gasteiger partial charge on any atom is 0.0704 e. The minimum atomic E-state index is 0.124. The van der Waals surface area contributed by atoms with Gasteiger partial charge in [-0.25, -0.2) is 0 Å². The lowest BCUT2D eigenvalue weighted by molar-refractivity contribution is 0.697. The molecule has 2 N–H and O–H groups in total. The summed E-state index contributed by atoms with van der Waals surface area (Å²) in [5, 5.41) is 1.23. The number of rotatable bonds is 4. The predicted octanol–water partition coefficient (Wildman–Crippen LogP) is 4.24. The average molecular weight is 276 g/mol. The van der Waals surface area contributed by atoms with Crippen LogP contribution in [0.15, 0.2) is 60.8 Å². The third kappa shape index (κ3) is 2.96. The van der Waals surface area contributed by atoms with Gasteiger partial charge in [-0.15, -0.1) is 0 Å². The van der Waals surface area contributed by atoms with Crippen molar-refractivity contribution in [1.82, 2.24) is 4.98 Å². The Hall–Kier alpha value is -2.19. The van der Waals surface area contributed by atoms with E-state index in [0.29, 0.717) is 0 Å². The second kappa shape index (κ2) is 6.06. The number of fused-ring (bicyclic) bond motifs is 1. The number of hydrogen-bond acceptors (Lipinski definition) is 2. The number of aromatic nitrogens is 1. The van der Waals surface area contributed by atoms with Crippen molar-refractivity contribution in [3.05, 3.63) is 77.5 Å². The first-order valence-electron chi connectivity index (χ1n) is 7.45. The third-order valence-electron chi connectivity index (χ3n) is 3.95. The Morgan fingerprint density at radius 2 is 1.90 bits per heavy atom. The molecule has 106 valence electrons. The zero-order valence-electron chi connectivity index (χ0n) is 12.3. The highest BCUT2D eigenvalue weighted by Gasteiger charge is 2.06. The van der Waals surface area contributed by atoms with E-state index in [1.165, 1.54) is 22.1 Å². The molecule has 2 aromatic carbocycles. The first-order valence-corrected chi connectivity index (χ1v) is 7.45. The van der Waals surface area contributed by atoms with Crippen LogP contribution < -0.4 is 5.73 Å². The summed E-state index contributed by atoms with van der Waals surface area (Å²) < 4.78 is 0. The van der Waals surface area contributed by atoms with Crippen molar-refractivity contribution in [2.45, 2.75) is 25.8 Å². The Balaban J connectivity index is 1.95. The lowest BCUT2D eigenvalue weighted by Crippen LogP contribution is -2.08. The van der Waals surface area contributed by atoms with E-state index in [4.69, 9.17) is 5.73 Å². The van der Waals surface area contributed by atoms with Gasteiger partial charge in [-0.05, 0) is 41.7 Å². The van der Waals surface area contributed by atoms with Crippen LogP contribution in [-0.4, -0.2) is 4.98 Å². The Morgan fingerprint density at radius 1 is 1.05 bits per heavy atom. The summed E-state index contributed by atoms with van der Waals surface area (Å²) in [5.41, 5.74) is 11.0. The molecule has 3 rings (SSSR count). The van der Waals surface area contributed by atoms with Crippen molar-refractivity contribution in [1.29, 1.82) is 0 Å². The van der Waals surface area contributed by atoms with Crippen molar-refractivity contribution in [3.63, 3.8) is 0 Å². The van der Waals surface area contributed by atoms with Crippen molar-refractivity contribution in [3.8, 4) is 0 Å². The molecule has 0 bridgehead atoms. The first kappa shape index (κ1) is 13.8. The Bertz CT molecular complexity index is 744. The second-order valence-electron chi connectivity index (χ2n) is 5.42. The lowest BCUT2D eigenvalue weighted by Gasteiger charge is -2.12. The van der Waals surface area contributed by atoms with E-state index in [0.717, 1.165) is 18.4 Å². The SMILES string of the molecule is CCC(N)c1cccc(Cc2ccnc3ccccc23)c1. The zero-order chi connectivity index (χ0) is 14.7. The van der Waals surface area contributed by atoms with E-state index in [-0.39, 0.29) is 6.04 Å². The van der Waals surface area contributed by atoms with Crippen LogP contribution in [0.25, 0.3) is 10.9 Å². The molecule has 0 saturated heterocycles. The van der Waals surface area contributed by atoms with Crippen LogP contribution in [0.5, 0.6) is 0 Å². The Kier molecular flexibility index (Phi) is 3.98. The fourth-order valence-corrected chi connectivity index (χ4v) is 2.70. The van der Waals surface area contributed by atoms with Crippen molar-refractivity contribution in [2.75, 3.05) is 0 Å². The molecule has 2 nitrogen and oxygen atoms in total. The molecule has 0 aliphatic rings. The largest absolute Gasteiger partial charge is 0.324 e. The van der Waals surface area contributed by atoms with E-state index >= 15 is 0 Å². The summed E-state index contributed by atoms with van der Waals surface area (Å²) >= 11 is 0. The van der Waals surface area contributed by atoms with E-state index in [1.54, 1.807) is 0 Å². The Labute approximate surface area is 125 Å². The van der Waals surface area contributed by atoms with Gasteiger partial charge >= 0.3 is 0 Å². The molecule has 1 heterocycles. The van der Waals surface area contributed by atoms with Gasteiger partial charge in [0, 0.05) is 17.6 Å². The van der Waals surface area contributed by atoms with Crippen LogP contribution in [0.1, 0.15) is 36.1 Å². The molecule has 3 aromatic rings. The molecule has 0 aliphatic heterocycles. The minimum Gasteiger partial charge on any atom is -0.324 e. The van der Waals surface area contributed by atoms with Gasteiger partial charge in [0.25, 0.3) is 0 Å². The van der Waals surface area contributed by atoms with Gasteiger partial charge in [0.05, 0.1) is 5.52 Å². The summed E-state index contributed by atoms with van der Waals surface area (Å²) in [6.45, 7) is 2.12. The molecule has 0 spiro atoms. The fraction of sp³-hybridized carbons (Fsp3) is 0.211. The molecular formula is C19H20N2. The second-order valence-corrected chi connectivity index (χ2v) is 5.42. The highest BCUT2D eigenvalue weighted by molar-refractivity contribution is 5.82. The average Bonchev–Trinajstić information content (AvgIpc) is 2.55. The van der Waals surface area contributed by atoms with Gasteiger partial charge in [-0.2, -0.15) is 0 Å². The number of nitrogens with zero attached hydrogens (tertiary/aromatic N) is 1. The smallest absolute Gasteiger partial charge is 0.0704 e. The molecule has 0 saturated carbocycles. The van der Waals surface area contributed by atoms with Crippen LogP contribution in [0.4, 0.5) is 0 Å². The Morgan fingerprint density at radius 3 is 2.76 bits per heavy atom. The normalized spacial score (nSPS) is 12.5. The maximum absolute atomic E-state index is 6.14. The molecule has 0 aliphatic carbocycles. The first-order chi connectivity index (χ1) is 10.3. The molecular weight excluding hydrogens is 256 g/mol. The number of nitrogens with two attached hydrogens (primary N) is 1. The van der Waals surface area contributed by atoms with Gasteiger partial charge in [0.2, 0.25) is 0 Å². The highest BCUT2D eigenvalue weighted by atomic mass is 14.6. The molecule has 0 amide bonds. The predicted molar refractivity (Wildman–Crippen MR) is 88.2 cm³/mol. The number of benzene rings is 2. The van der Waals surface area contributed by atoms with Crippen molar-refractivity contribution >= 4 is 10.9 Å². The standard InChI is InChI=1S/C19H20N2/c1-2-18(20)16-7-5-6-14(13-16)12-15-10-11-21-19-9-4-3-8-17(15)19/h3-11,13,18H,2,12,20H2,1H3. The van der Waals surface area contributed by atoms with Crippen molar-refractivity contribution < 1.29 is 0 Å². The van der Waals surface area contributed by atoms with Gasteiger partial charge < -0.3 is 5.73 Å². The molecule has 0 radical (unpaired) electrons. The summed E-state index contributed by atoms with van der Waals surface area (Å²) in [6, 6.07) is 19.1. The molecule has 1 aromatic heterocycles. The van der Waals surface area contributed by atoms with Gasteiger partial charge in [0.15, 0.2) is 0 Å². The fourth-order valence-electron chi connectivity index (χ4n) is 2.70.